The van der Waals surface area contributed by atoms with E-state index in [2.05, 4.69) is 15.2 Å². The average molecular weight is 193 g/mol. The van der Waals surface area contributed by atoms with Crippen molar-refractivity contribution in [3.8, 4) is 0 Å². The van der Waals surface area contributed by atoms with Gasteiger partial charge >= 0.3 is 0 Å². The summed E-state index contributed by atoms with van der Waals surface area (Å²) in [6, 6.07) is 6.01. The average Bonchev–Trinajstić information content (AvgIpc) is 2.30. The molecule has 4 heteroatoms. The number of hydrogen-bond acceptors (Lipinski definition) is 4. The highest BCUT2D eigenvalue weighted by Gasteiger charge is 2.21. The Bertz CT molecular complexity index is 278. The van der Waals surface area contributed by atoms with Gasteiger partial charge in [-0.1, -0.05) is 6.07 Å². The fraction of sp³-hybridized carbons (Fsp3) is 0.500. The van der Waals surface area contributed by atoms with Gasteiger partial charge in [0.25, 0.3) is 0 Å². The number of hydrogen-bond donors (Lipinski definition) is 2. The summed E-state index contributed by atoms with van der Waals surface area (Å²) in [5.41, 5.74) is 0. The first-order valence-corrected chi connectivity index (χ1v) is 4.91. The molecular formula is C10H15N3O. The largest absolute Gasteiger partial charge is 0.394 e. The molecule has 1 aromatic heterocycles. The Labute approximate surface area is 83.6 Å². The SMILES string of the molecule is OC[C@H]1CNCCN1c1ccccn1. The number of nitrogens with zero attached hydrogens (tertiary/aromatic N) is 2. The van der Waals surface area contributed by atoms with Crippen LogP contribution in [0.2, 0.25) is 0 Å². The molecule has 2 heterocycles. The fourth-order valence-corrected chi connectivity index (χ4v) is 1.75. The van der Waals surface area contributed by atoms with Crippen LogP contribution in [-0.4, -0.2) is 42.4 Å². The summed E-state index contributed by atoms with van der Waals surface area (Å²) in [6.07, 6.45) is 1.78. The molecule has 1 aromatic rings. The van der Waals surface area contributed by atoms with Gasteiger partial charge in [0.2, 0.25) is 0 Å². The molecule has 1 aliphatic rings. The minimum absolute atomic E-state index is 0.152. The summed E-state index contributed by atoms with van der Waals surface area (Å²) in [4.78, 5) is 6.44. The highest BCUT2D eigenvalue weighted by atomic mass is 16.3. The molecule has 2 N–H and O–H groups in total. The van der Waals surface area contributed by atoms with Gasteiger partial charge in [-0.2, -0.15) is 0 Å². The molecule has 14 heavy (non-hydrogen) atoms. The van der Waals surface area contributed by atoms with Gasteiger partial charge in [-0.15, -0.1) is 0 Å². The molecule has 1 aliphatic heterocycles. The normalized spacial score (nSPS) is 22.4. The number of rotatable bonds is 2. The van der Waals surface area contributed by atoms with Gasteiger partial charge in [0.05, 0.1) is 12.6 Å². The summed E-state index contributed by atoms with van der Waals surface area (Å²) >= 11 is 0. The van der Waals surface area contributed by atoms with E-state index in [0.29, 0.717) is 0 Å². The van der Waals surface area contributed by atoms with Gasteiger partial charge in [0.15, 0.2) is 0 Å². The number of anilines is 1. The van der Waals surface area contributed by atoms with Crippen molar-refractivity contribution < 1.29 is 5.11 Å². The summed E-state index contributed by atoms with van der Waals surface area (Å²) < 4.78 is 0. The summed E-state index contributed by atoms with van der Waals surface area (Å²) in [5, 5.41) is 12.5. The van der Waals surface area contributed by atoms with E-state index in [4.69, 9.17) is 0 Å². The molecular weight excluding hydrogens is 178 g/mol. The van der Waals surface area contributed by atoms with E-state index in [1.54, 1.807) is 6.20 Å². The van der Waals surface area contributed by atoms with E-state index in [1.807, 2.05) is 18.2 Å². The van der Waals surface area contributed by atoms with Crippen molar-refractivity contribution in [1.82, 2.24) is 10.3 Å². The fourth-order valence-electron chi connectivity index (χ4n) is 1.75. The third-order valence-corrected chi connectivity index (χ3v) is 2.50. The van der Waals surface area contributed by atoms with Crippen LogP contribution < -0.4 is 10.2 Å². The van der Waals surface area contributed by atoms with Crippen LogP contribution in [0, 0.1) is 0 Å². The second kappa shape index (κ2) is 4.39. The van der Waals surface area contributed by atoms with Gasteiger partial charge < -0.3 is 15.3 Å². The molecule has 0 amide bonds. The molecule has 0 saturated carbocycles. The molecule has 0 aromatic carbocycles. The molecule has 76 valence electrons. The number of piperazine rings is 1. The second-order valence-electron chi connectivity index (χ2n) is 3.42. The van der Waals surface area contributed by atoms with E-state index in [-0.39, 0.29) is 12.6 Å². The van der Waals surface area contributed by atoms with Crippen LogP contribution >= 0.6 is 0 Å². The smallest absolute Gasteiger partial charge is 0.128 e. The minimum Gasteiger partial charge on any atom is -0.394 e. The molecule has 4 nitrogen and oxygen atoms in total. The Morgan fingerprint density at radius 3 is 3.21 bits per heavy atom. The van der Waals surface area contributed by atoms with Crippen LogP contribution in [0.15, 0.2) is 24.4 Å². The quantitative estimate of drug-likeness (QED) is 0.686. The molecule has 0 bridgehead atoms. The summed E-state index contributed by atoms with van der Waals surface area (Å²) in [6.45, 7) is 2.85. The van der Waals surface area contributed by atoms with Crippen molar-refractivity contribution in [2.75, 3.05) is 31.1 Å². The molecule has 0 spiro atoms. The predicted molar refractivity (Wildman–Crippen MR) is 55.3 cm³/mol. The second-order valence-corrected chi connectivity index (χ2v) is 3.42. The molecule has 2 rings (SSSR count). The van der Waals surface area contributed by atoms with Crippen molar-refractivity contribution in [3.63, 3.8) is 0 Å². The van der Waals surface area contributed by atoms with Gasteiger partial charge in [0, 0.05) is 25.8 Å². The van der Waals surface area contributed by atoms with E-state index >= 15 is 0 Å². The zero-order valence-electron chi connectivity index (χ0n) is 8.06. The maximum absolute atomic E-state index is 9.21. The Kier molecular flexibility index (Phi) is 2.96. The van der Waals surface area contributed by atoms with Gasteiger partial charge in [-0.3, -0.25) is 0 Å². The monoisotopic (exact) mass is 193 g/mol. The van der Waals surface area contributed by atoms with Crippen molar-refractivity contribution in [2.24, 2.45) is 0 Å². The lowest BCUT2D eigenvalue weighted by Gasteiger charge is -2.35. The maximum Gasteiger partial charge on any atom is 0.128 e. The Morgan fingerprint density at radius 1 is 1.57 bits per heavy atom. The highest BCUT2D eigenvalue weighted by molar-refractivity contribution is 5.40. The number of aliphatic hydroxyl groups excluding tert-OH is 1. The van der Waals surface area contributed by atoms with Crippen LogP contribution in [0.4, 0.5) is 5.82 Å². The van der Waals surface area contributed by atoms with Crippen molar-refractivity contribution in [2.45, 2.75) is 6.04 Å². The molecule has 0 unspecified atom stereocenters. The van der Waals surface area contributed by atoms with Crippen molar-refractivity contribution >= 4 is 5.82 Å². The zero-order valence-corrected chi connectivity index (χ0v) is 8.06. The predicted octanol–water partition coefficient (Wildman–Crippen LogP) is -0.148. The highest BCUT2D eigenvalue weighted by Crippen LogP contribution is 2.13. The van der Waals surface area contributed by atoms with Gasteiger partial charge in [-0.05, 0) is 12.1 Å². The van der Waals surface area contributed by atoms with Crippen LogP contribution in [0.3, 0.4) is 0 Å². The van der Waals surface area contributed by atoms with E-state index in [1.165, 1.54) is 0 Å². The van der Waals surface area contributed by atoms with Gasteiger partial charge in [0.1, 0.15) is 5.82 Å². The van der Waals surface area contributed by atoms with Crippen LogP contribution in [0.5, 0.6) is 0 Å². The van der Waals surface area contributed by atoms with Crippen molar-refractivity contribution in [3.05, 3.63) is 24.4 Å². The summed E-state index contributed by atoms with van der Waals surface area (Å²) in [5.74, 6) is 0.952. The van der Waals surface area contributed by atoms with Crippen LogP contribution in [0.1, 0.15) is 0 Å². The third kappa shape index (κ3) is 1.86. The van der Waals surface area contributed by atoms with E-state index in [9.17, 15) is 5.11 Å². The first kappa shape index (κ1) is 9.43. The third-order valence-electron chi connectivity index (χ3n) is 2.50. The standard InChI is InChI=1S/C10H15N3O/c14-8-9-7-11-5-6-13(9)10-3-1-2-4-12-10/h1-4,9,11,14H,5-8H2/t9-/m1/s1. The lowest BCUT2D eigenvalue weighted by Crippen LogP contribution is -2.53. The minimum atomic E-state index is 0.152. The van der Waals surface area contributed by atoms with Crippen molar-refractivity contribution in [1.29, 1.82) is 0 Å². The molecule has 0 radical (unpaired) electrons. The van der Waals surface area contributed by atoms with Crippen LogP contribution in [0.25, 0.3) is 0 Å². The zero-order chi connectivity index (χ0) is 9.80. The summed E-state index contributed by atoms with van der Waals surface area (Å²) in [7, 11) is 0. The van der Waals surface area contributed by atoms with E-state index < -0.39 is 0 Å². The maximum atomic E-state index is 9.21. The first-order chi connectivity index (χ1) is 6.92. The lowest BCUT2D eigenvalue weighted by atomic mass is 10.2. The molecule has 1 atom stereocenters. The lowest BCUT2D eigenvalue weighted by molar-refractivity contribution is 0.246. The molecule has 0 aliphatic carbocycles. The van der Waals surface area contributed by atoms with Crippen LogP contribution in [-0.2, 0) is 0 Å². The van der Waals surface area contributed by atoms with Gasteiger partial charge in [-0.25, -0.2) is 4.98 Å². The Morgan fingerprint density at radius 2 is 2.50 bits per heavy atom. The Balaban J connectivity index is 2.15. The topological polar surface area (TPSA) is 48.4 Å². The number of pyridine rings is 1. The first-order valence-electron chi connectivity index (χ1n) is 4.91. The number of aromatic nitrogens is 1. The number of aliphatic hydroxyl groups is 1. The molecule has 1 fully saturated rings. The Hall–Kier alpha value is -1.13. The number of nitrogens with one attached hydrogen (secondary N) is 1. The molecule has 1 saturated heterocycles. The van der Waals surface area contributed by atoms with E-state index in [0.717, 1.165) is 25.5 Å².